The number of ether oxygens (including phenoxy) is 1. The molecule has 0 aliphatic carbocycles. The van der Waals surface area contributed by atoms with Crippen LogP contribution in [0.15, 0.2) is 39.5 Å². The Balaban J connectivity index is 0.00000192. The van der Waals surface area contributed by atoms with Crippen molar-refractivity contribution in [1.82, 2.24) is 5.32 Å². The fourth-order valence-electron chi connectivity index (χ4n) is 3.62. The van der Waals surface area contributed by atoms with E-state index < -0.39 is 0 Å². The first-order chi connectivity index (χ1) is 10.2. The summed E-state index contributed by atoms with van der Waals surface area (Å²) in [5.41, 5.74) is 0.303. The molecule has 1 aliphatic rings. The summed E-state index contributed by atoms with van der Waals surface area (Å²) in [5.74, 6) is 0.750. The molecule has 4 nitrogen and oxygen atoms in total. The van der Waals surface area contributed by atoms with Crippen LogP contribution in [0.2, 0.25) is 0 Å². The Morgan fingerprint density at radius 3 is 2.35 bits per heavy atom. The summed E-state index contributed by atoms with van der Waals surface area (Å²) in [6, 6.07) is 8.86. The normalized spacial score (nSPS) is 20.0. The third-order valence-corrected chi connectivity index (χ3v) is 4.05. The SMILES string of the molecule is CC1(C)CC(Oc2ccc3ccc(=O)oc3c2)CC(C)(C)N1.Cl. The van der Waals surface area contributed by atoms with Crippen LogP contribution in [0.1, 0.15) is 40.5 Å². The molecule has 1 aliphatic heterocycles. The van der Waals surface area contributed by atoms with Crippen molar-refractivity contribution < 1.29 is 9.15 Å². The zero-order valence-corrected chi connectivity index (χ0v) is 14.8. The summed E-state index contributed by atoms with van der Waals surface area (Å²) in [7, 11) is 0. The first kappa shape index (κ1) is 17.8. The third-order valence-electron chi connectivity index (χ3n) is 4.05. The Bertz CT molecular complexity index is 735. The van der Waals surface area contributed by atoms with Gasteiger partial charge in [-0.05, 0) is 45.9 Å². The second kappa shape index (κ2) is 6.17. The minimum Gasteiger partial charge on any atom is -0.490 e. The van der Waals surface area contributed by atoms with Crippen molar-refractivity contribution in [2.24, 2.45) is 0 Å². The van der Waals surface area contributed by atoms with Crippen molar-refractivity contribution in [3.8, 4) is 5.75 Å². The highest BCUT2D eigenvalue weighted by atomic mass is 35.5. The molecule has 5 heteroatoms. The molecule has 0 atom stereocenters. The highest BCUT2D eigenvalue weighted by Gasteiger charge is 2.38. The molecule has 0 radical (unpaired) electrons. The fourth-order valence-corrected chi connectivity index (χ4v) is 3.62. The molecule has 0 spiro atoms. The third kappa shape index (κ3) is 4.27. The van der Waals surface area contributed by atoms with Gasteiger partial charge in [-0.25, -0.2) is 4.79 Å². The second-order valence-corrected chi connectivity index (χ2v) is 7.49. The van der Waals surface area contributed by atoms with Gasteiger partial charge in [0.2, 0.25) is 0 Å². The van der Waals surface area contributed by atoms with E-state index in [-0.39, 0.29) is 35.2 Å². The maximum Gasteiger partial charge on any atom is 0.336 e. The maximum absolute atomic E-state index is 11.3. The van der Waals surface area contributed by atoms with Gasteiger partial charge in [-0.15, -0.1) is 12.4 Å². The van der Waals surface area contributed by atoms with Gasteiger partial charge in [0.05, 0.1) is 0 Å². The van der Waals surface area contributed by atoms with Crippen LogP contribution in [0.3, 0.4) is 0 Å². The van der Waals surface area contributed by atoms with Gasteiger partial charge in [-0.2, -0.15) is 0 Å². The average molecular weight is 338 g/mol. The van der Waals surface area contributed by atoms with Crippen LogP contribution in [0, 0.1) is 0 Å². The molecule has 1 saturated heterocycles. The van der Waals surface area contributed by atoms with Gasteiger partial charge >= 0.3 is 5.63 Å². The van der Waals surface area contributed by atoms with E-state index in [1.165, 1.54) is 6.07 Å². The average Bonchev–Trinajstić information content (AvgIpc) is 2.34. The molecule has 1 aromatic heterocycles. The number of benzene rings is 1. The van der Waals surface area contributed by atoms with Gasteiger partial charge in [0.15, 0.2) is 0 Å². The summed E-state index contributed by atoms with van der Waals surface area (Å²) in [6.07, 6.45) is 2.01. The standard InChI is InChI=1S/C18H23NO3.ClH/c1-17(2)10-14(11-18(3,4)19-17)21-13-7-5-12-6-8-16(20)22-15(12)9-13;/h5-9,14,19H,10-11H2,1-4H3;1H. The number of nitrogens with one attached hydrogen (secondary N) is 1. The van der Waals surface area contributed by atoms with Crippen molar-refractivity contribution in [2.45, 2.75) is 57.7 Å². The summed E-state index contributed by atoms with van der Waals surface area (Å²) >= 11 is 0. The van der Waals surface area contributed by atoms with Crippen LogP contribution < -0.4 is 15.7 Å². The Labute approximate surface area is 142 Å². The van der Waals surface area contributed by atoms with E-state index in [2.05, 4.69) is 33.0 Å². The predicted octanol–water partition coefficient (Wildman–Crippen LogP) is 3.90. The van der Waals surface area contributed by atoms with Crippen molar-refractivity contribution in [1.29, 1.82) is 0 Å². The van der Waals surface area contributed by atoms with Gasteiger partial charge in [0.25, 0.3) is 0 Å². The van der Waals surface area contributed by atoms with Crippen LogP contribution in [0.25, 0.3) is 11.0 Å². The lowest BCUT2D eigenvalue weighted by Gasteiger charge is -2.46. The molecule has 1 N–H and O–H groups in total. The fraction of sp³-hybridized carbons (Fsp3) is 0.500. The molecule has 2 heterocycles. The lowest BCUT2D eigenvalue weighted by molar-refractivity contribution is 0.0559. The molecule has 0 unspecified atom stereocenters. The van der Waals surface area contributed by atoms with Crippen molar-refractivity contribution in [3.63, 3.8) is 0 Å². The van der Waals surface area contributed by atoms with Gasteiger partial charge in [0.1, 0.15) is 17.4 Å². The topological polar surface area (TPSA) is 51.5 Å². The van der Waals surface area contributed by atoms with E-state index in [1.807, 2.05) is 12.1 Å². The van der Waals surface area contributed by atoms with E-state index in [9.17, 15) is 4.79 Å². The smallest absolute Gasteiger partial charge is 0.336 e. The van der Waals surface area contributed by atoms with Crippen LogP contribution >= 0.6 is 12.4 Å². The summed E-state index contributed by atoms with van der Waals surface area (Å²) in [5, 5.41) is 4.55. The molecule has 126 valence electrons. The summed E-state index contributed by atoms with van der Waals surface area (Å²) in [4.78, 5) is 11.3. The van der Waals surface area contributed by atoms with Gasteiger partial charge < -0.3 is 14.5 Å². The Morgan fingerprint density at radius 1 is 1.09 bits per heavy atom. The molecule has 3 rings (SSSR count). The Morgan fingerprint density at radius 2 is 1.70 bits per heavy atom. The largest absolute Gasteiger partial charge is 0.490 e. The van der Waals surface area contributed by atoms with Gasteiger partial charge in [-0.1, -0.05) is 0 Å². The minimum absolute atomic E-state index is 0. The minimum atomic E-state index is -0.339. The highest BCUT2D eigenvalue weighted by Crippen LogP contribution is 2.32. The van der Waals surface area contributed by atoms with Crippen molar-refractivity contribution in [2.75, 3.05) is 0 Å². The molecule has 0 amide bonds. The van der Waals surface area contributed by atoms with Crippen molar-refractivity contribution >= 4 is 23.4 Å². The highest BCUT2D eigenvalue weighted by molar-refractivity contribution is 5.85. The first-order valence-corrected chi connectivity index (χ1v) is 7.72. The zero-order chi connectivity index (χ0) is 16.0. The number of fused-ring (bicyclic) bond motifs is 1. The molecule has 1 fully saturated rings. The maximum atomic E-state index is 11.3. The van der Waals surface area contributed by atoms with Gasteiger partial charge in [0, 0.05) is 41.4 Å². The predicted molar refractivity (Wildman–Crippen MR) is 94.7 cm³/mol. The summed E-state index contributed by atoms with van der Waals surface area (Å²) in [6.45, 7) is 8.79. The number of rotatable bonds is 2. The first-order valence-electron chi connectivity index (χ1n) is 7.72. The zero-order valence-electron chi connectivity index (χ0n) is 14.0. The van der Waals surface area contributed by atoms with Crippen LogP contribution in [-0.2, 0) is 0 Å². The van der Waals surface area contributed by atoms with Crippen LogP contribution in [0.4, 0.5) is 0 Å². The molecule has 0 bridgehead atoms. The number of hydrogen-bond acceptors (Lipinski definition) is 4. The number of hydrogen-bond donors (Lipinski definition) is 1. The number of halogens is 1. The monoisotopic (exact) mass is 337 g/mol. The van der Waals surface area contributed by atoms with Gasteiger partial charge in [-0.3, -0.25) is 0 Å². The molecular formula is C18H24ClNO3. The van der Waals surface area contributed by atoms with E-state index >= 15 is 0 Å². The van der Waals surface area contributed by atoms with E-state index in [4.69, 9.17) is 9.15 Å². The molecule has 1 aromatic carbocycles. The Kier molecular flexibility index (Phi) is 4.79. The quantitative estimate of drug-likeness (QED) is 0.844. The number of piperidine rings is 1. The molecular weight excluding hydrogens is 314 g/mol. The lowest BCUT2D eigenvalue weighted by Crippen LogP contribution is -2.60. The van der Waals surface area contributed by atoms with E-state index in [0.29, 0.717) is 5.58 Å². The molecule has 2 aromatic rings. The van der Waals surface area contributed by atoms with Crippen LogP contribution in [0.5, 0.6) is 5.75 Å². The lowest BCUT2D eigenvalue weighted by atomic mass is 9.81. The van der Waals surface area contributed by atoms with E-state index in [0.717, 1.165) is 24.0 Å². The second-order valence-electron chi connectivity index (χ2n) is 7.49. The Hall–Kier alpha value is -1.52. The van der Waals surface area contributed by atoms with Crippen molar-refractivity contribution in [3.05, 3.63) is 40.8 Å². The summed E-state index contributed by atoms with van der Waals surface area (Å²) < 4.78 is 11.4. The molecule has 0 saturated carbocycles. The molecule has 23 heavy (non-hydrogen) atoms. The van der Waals surface area contributed by atoms with Crippen LogP contribution in [-0.4, -0.2) is 17.2 Å². The van der Waals surface area contributed by atoms with E-state index in [1.54, 1.807) is 12.1 Å².